The van der Waals surface area contributed by atoms with Crippen LogP contribution in [0.3, 0.4) is 0 Å². The van der Waals surface area contributed by atoms with Crippen molar-refractivity contribution in [1.29, 1.82) is 0 Å². The van der Waals surface area contributed by atoms with Crippen LogP contribution in [-0.2, 0) is 11.3 Å². The lowest BCUT2D eigenvalue weighted by Gasteiger charge is -2.33. The average Bonchev–Trinajstić information content (AvgIpc) is 3.08. The van der Waals surface area contributed by atoms with E-state index >= 15 is 0 Å². The Kier molecular flexibility index (Phi) is 6.63. The minimum absolute atomic E-state index is 0.155. The number of nitrogens with zero attached hydrogens (tertiary/aromatic N) is 3. The van der Waals surface area contributed by atoms with Crippen LogP contribution in [0.1, 0.15) is 35.2 Å². The van der Waals surface area contributed by atoms with Gasteiger partial charge in [-0.15, -0.1) is 11.3 Å². The molecule has 2 unspecified atom stereocenters. The highest BCUT2D eigenvalue weighted by molar-refractivity contribution is 7.09. The van der Waals surface area contributed by atoms with Crippen molar-refractivity contribution in [3.05, 3.63) is 52.0 Å². The van der Waals surface area contributed by atoms with Gasteiger partial charge in [0.05, 0.1) is 23.4 Å². The molecule has 1 aromatic heterocycles. The molecule has 0 spiro atoms. The van der Waals surface area contributed by atoms with E-state index in [9.17, 15) is 0 Å². The number of ether oxygens (including phenoxy) is 1. The van der Waals surface area contributed by atoms with Crippen LogP contribution in [0, 0.1) is 12.8 Å². The Hall–Kier alpha value is -1.92. The summed E-state index contributed by atoms with van der Waals surface area (Å²) in [6.07, 6.45) is 2.43. The molecule has 3 rings (SSSR count). The van der Waals surface area contributed by atoms with E-state index in [1.807, 2.05) is 14.0 Å². The van der Waals surface area contributed by atoms with Crippen LogP contribution >= 0.6 is 11.3 Å². The molecule has 0 amide bonds. The number of nitrogens with one attached hydrogen (secondary N) is 1. The number of aromatic nitrogens is 1. The summed E-state index contributed by atoms with van der Waals surface area (Å²) in [6, 6.07) is 10.5. The van der Waals surface area contributed by atoms with Crippen LogP contribution in [0.2, 0.25) is 0 Å². The van der Waals surface area contributed by atoms with Crippen molar-refractivity contribution in [2.75, 3.05) is 27.2 Å². The number of aliphatic imine (C=N–C) groups is 1. The van der Waals surface area contributed by atoms with Crippen molar-refractivity contribution >= 4 is 17.3 Å². The standard InChI is InChI=1S/C20H28N4OS/c1-15-23-18(14-26-15)13-24(3)20(21-2)22-12-17-10-7-11-25-19(17)16-8-5-4-6-9-16/h4-6,8-9,14,17,19H,7,10-13H2,1-3H3,(H,21,22). The van der Waals surface area contributed by atoms with E-state index in [2.05, 4.69) is 63.0 Å². The van der Waals surface area contributed by atoms with Gasteiger partial charge in [0.15, 0.2) is 5.96 Å². The van der Waals surface area contributed by atoms with Gasteiger partial charge in [0.1, 0.15) is 0 Å². The zero-order valence-electron chi connectivity index (χ0n) is 15.8. The predicted molar refractivity (Wildman–Crippen MR) is 108 cm³/mol. The van der Waals surface area contributed by atoms with Gasteiger partial charge in [-0.2, -0.15) is 0 Å². The van der Waals surface area contributed by atoms with Gasteiger partial charge < -0.3 is 15.0 Å². The van der Waals surface area contributed by atoms with Crippen LogP contribution in [0.25, 0.3) is 0 Å². The maximum Gasteiger partial charge on any atom is 0.193 e. The highest BCUT2D eigenvalue weighted by atomic mass is 32.1. The molecule has 0 radical (unpaired) electrons. The highest BCUT2D eigenvalue weighted by Crippen LogP contribution is 2.33. The maximum absolute atomic E-state index is 6.10. The van der Waals surface area contributed by atoms with Crippen LogP contribution in [0.15, 0.2) is 40.7 Å². The van der Waals surface area contributed by atoms with Crippen LogP contribution in [0.5, 0.6) is 0 Å². The molecule has 0 aliphatic carbocycles. The van der Waals surface area contributed by atoms with Gasteiger partial charge >= 0.3 is 0 Å². The number of benzene rings is 1. The molecule has 140 valence electrons. The number of hydrogen-bond acceptors (Lipinski definition) is 4. The summed E-state index contributed by atoms with van der Waals surface area (Å²) in [4.78, 5) is 11.1. The van der Waals surface area contributed by atoms with Crippen molar-refractivity contribution in [3.8, 4) is 0 Å². The second kappa shape index (κ2) is 9.14. The summed E-state index contributed by atoms with van der Waals surface area (Å²) in [7, 11) is 3.88. The summed E-state index contributed by atoms with van der Waals surface area (Å²) < 4.78 is 6.10. The van der Waals surface area contributed by atoms with Gasteiger partial charge in [-0.05, 0) is 25.3 Å². The number of thiazole rings is 1. The lowest BCUT2D eigenvalue weighted by atomic mass is 9.89. The van der Waals surface area contributed by atoms with E-state index in [0.717, 1.165) is 42.8 Å². The summed E-state index contributed by atoms with van der Waals surface area (Å²) in [5, 5.41) is 6.75. The Labute approximate surface area is 160 Å². The first kappa shape index (κ1) is 18.9. The Morgan fingerprint density at radius 3 is 2.88 bits per heavy atom. The van der Waals surface area contributed by atoms with E-state index in [-0.39, 0.29) is 6.10 Å². The van der Waals surface area contributed by atoms with Crippen molar-refractivity contribution in [3.63, 3.8) is 0 Å². The van der Waals surface area contributed by atoms with E-state index < -0.39 is 0 Å². The summed E-state index contributed by atoms with van der Waals surface area (Å²) >= 11 is 1.69. The van der Waals surface area contributed by atoms with Gasteiger partial charge in [-0.3, -0.25) is 4.99 Å². The molecule has 0 saturated carbocycles. The SMILES string of the molecule is CN=C(NCC1CCCOC1c1ccccc1)N(C)Cc1csc(C)n1. The van der Waals surface area contributed by atoms with Crippen LogP contribution in [0.4, 0.5) is 0 Å². The topological polar surface area (TPSA) is 49.8 Å². The summed E-state index contributed by atoms with van der Waals surface area (Å²) in [5.41, 5.74) is 2.35. The maximum atomic E-state index is 6.10. The molecular weight excluding hydrogens is 344 g/mol. The third-order valence-electron chi connectivity index (χ3n) is 4.73. The second-order valence-corrected chi connectivity index (χ2v) is 7.81. The zero-order chi connectivity index (χ0) is 18.4. The van der Waals surface area contributed by atoms with Crippen LogP contribution in [-0.4, -0.2) is 43.1 Å². The number of rotatable bonds is 5. The molecule has 0 bridgehead atoms. The first-order chi connectivity index (χ1) is 12.7. The van der Waals surface area contributed by atoms with Crippen molar-refractivity contribution < 1.29 is 4.74 Å². The third-order valence-corrected chi connectivity index (χ3v) is 5.56. The van der Waals surface area contributed by atoms with Gasteiger partial charge in [-0.25, -0.2) is 4.98 Å². The van der Waals surface area contributed by atoms with Crippen molar-refractivity contribution in [2.45, 2.75) is 32.4 Å². The molecular formula is C20H28N4OS. The van der Waals surface area contributed by atoms with E-state index in [4.69, 9.17) is 4.74 Å². The molecule has 1 saturated heterocycles. The normalized spacial score (nSPS) is 20.8. The quantitative estimate of drug-likeness (QED) is 0.643. The number of aryl methyl sites for hydroxylation is 1. The smallest absolute Gasteiger partial charge is 0.193 e. The Morgan fingerprint density at radius 1 is 1.38 bits per heavy atom. The molecule has 26 heavy (non-hydrogen) atoms. The third kappa shape index (κ3) is 4.83. The lowest BCUT2D eigenvalue weighted by molar-refractivity contribution is -0.0266. The zero-order valence-corrected chi connectivity index (χ0v) is 16.6. The molecule has 5 nitrogen and oxygen atoms in total. The molecule has 1 aliphatic heterocycles. The van der Waals surface area contributed by atoms with E-state index in [0.29, 0.717) is 5.92 Å². The summed E-state index contributed by atoms with van der Waals surface area (Å²) in [5.74, 6) is 1.34. The minimum atomic E-state index is 0.155. The van der Waals surface area contributed by atoms with Crippen molar-refractivity contribution in [2.24, 2.45) is 10.9 Å². The van der Waals surface area contributed by atoms with E-state index in [1.165, 1.54) is 12.0 Å². The van der Waals surface area contributed by atoms with Gasteiger partial charge in [0.2, 0.25) is 0 Å². The Bertz CT molecular complexity index is 716. The molecule has 1 aliphatic rings. The molecule has 2 atom stereocenters. The summed E-state index contributed by atoms with van der Waals surface area (Å²) in [6.45, 7) is 4.49. The van der Waals surface area contributed by atoms with Gasteiger partial charge in [-0.1, -0.05) is 30.3 Å². The van der Waals surface area contributed by atoms with Gasteiger partial charge in [0, 0.05) is 38.5 Å². The first-order valence-corrected chi connectivity index (χ1v) is 10.0. The largest absolute Gasteiger partial charge is 0.373 e. The lowest BCUT2D eigenvalue weighted by Crippen LogP contribution is -2.42. The van der Waals surface area contributed by atoms with E-state index in [1.54, 1.807) is 11.3 Å². The molecule has 2 heterocycles. The molecule has 1 N–H and O–H groups in total. The van der Waals surface area contributed by atoms with Crippen molar-refractivity contribution in [1.82, 2.24) is 15.2 Å². The highest BCUT2D eigenvalue weighted by Gasteiger charge is 2.27. The number of hydrogen-bond donors (Lipinski definition) is 1. The Morgan fingerprint density at radius 2 is 2.19 bits per heavy atom. The van der Waals surface area contributed by atoms with Gasteiger partial charge in [0.25, 0.3) is 0 Å². The fourth-order valence-corrected chi connectivity index (χ4v) is 4.07. The minimum Gasteiger partial charge on any atom is -0.373 e. The molecule has 2 aromatic rings. The second-order valence-electron chi connectivity index (χ2n) is 6.75. The molecule has 1 aromatic carbocycles. The Balaban J connectivity index is 1.59. The fraction of sp³-hybridized carbons (Fsp3) is 0.500. The predicted octanol–water partition coefficient (Wildman–Crippen LogP) is 3.63. The number of guanidine groups is 1. The average molecular weight is 373 g/mol. The molecule has 1 fully saturated rings. The monoisotopic (exact) mass is 372 g/mol. The fourth-order valence-electron chi connectivity index (χ4n) is 3.47. The first-order valence-electron chi connectivity index (χ1n) is 9.16. The van der Waals surface area contributed by atoms with Crippen LogP contribution < -0.4 is 5.32 Å². The molecule has 6 heteroatoms.